The minimum Gasteiger partial charge on any atom is -0.253 e. The van der Waals surface area contributed by atoms with Crippen molar-refractivity contribution < 1.29 is 0 Å². The molecule has 1 atom stereocenters. The summed E-state index contributed by atoms with van der Waals surface area (Å²) in [6.07, 6.45) is 1.14. The maximum atomic E-state index is 5.26. The molecule has 0 bridgehead atoms. The van der Waals surface area contributed by atoms with E-state index < -0.39 is 0 Å². The lowest BCUT2D eigenvalue weighted by molar-refractivity contribution is 0.733. The maximum Gasteiger partial charge on any atom is 0.0723 e. The Hall–Kier alpha value is -5.52. The Kier molecular flexibility index (Phi) is 8.38. The normalized spacial score (nSPS) is 11.9. The minimum atomic E-state index is 0.314. The van der Waals surface area contributed by atoms with Gasteiger partial charge >= 0.3 is 0 Å². The first kappa shape index (κ1) is 30.2. The number of rotatable bonds is 6. The smallest absolute Gasteiger partial charge is 0.0723 e. The van der Waals surface area contributed by atoms with Crippen LogP contribution in [0.25, 0.3) is 55.3 Å². The zero-order valence-corrected chi connectivity index (χ0v) is 27.5. The summed E-state index contributed by atoms with van der Waals surface area (Å²) in [4.78, 5) is 10.4. The fourth-order valence-electron chi connectivity index (χ4n) is 6.12. The van der Waals surface area contributed by atoms with E-state index in [1.54, 1.807) is 0 Å². The van der Waals surface area contributed by atoms with Crippen LogP contribution in [0.15, 0.2) is 133 Å². The standard InChI is InChI=1S/C45H38N2/c1-5-31(4)34-22-18-32(19-23-34)16-17-33-20-24-37(25-21-33)43-27-39(36-14-10-7-11-15-36)41-28-44-40(29-45(41)47-43)38(26-42(46-44)30(2)3)35-12-8-6-9-13-35/h6-15,18-31H,5H2,1-4H3. The summed E-state index contributed by atoms with van der Waals surface area (Å²) in [6.45, 7) is 8.89. The number of pyridine rings is 2. The van der Waals surface area contributed by atoms with E-state index in [0.717, 1.165) is 67.4 Å². The van der Waals surface area contributed by atoms with Crippen LogP contribution in [-0.4, -0.2) is 9.97 Å². The van der Waals surface area contributed by atoms with Crippen molar-refractivity contribution in [3.05, 3.63) is 156 Å². The predicted octanol–water partition coefficient (Wildman–Crippen LogP) is 11.8. The van der Waals surface area contributed by atoms with Crippen LogP contribution in [0.4, 0.5) is 0 Å². The fourth-order valence-corrected chi connectivity index (χ4v) is 6.12. The molecule has 7 rings (SSSR count). The van der Waals surface area contributed by atoms with E-state index in [0.29, 0.717) is 11.8 Å². The second-order valence-electron chi connectivity index (χ2n) is 12.7. The van der Waals surface area contributed by atoms with Crippen molar-refractivity contribution in [2.24, 2.45) is 0 Å². The first-order valence-electron chi connectivity index (χ1n) is 16.6. The number of nitrogens with zero attached hydrogens (tertiary/aromatic N) is 2. The highest BCUT2D eigenvalue weighted by molar-refractivity contribution is 6.07. The third-order valence-electron chi connectivity index (χ3n) is 9.14. The third kappa shape index (κ3) is 6.31. The minimum absolute atomic E-state index is 0.314. The molecule has 1 unspecified atom stereocenters. The third-order valence-corrected chi connectivity index (χ3v) is 9.14. The summed E-state index contributed by atoms with van der Waals surface area (Å²) in [5.41, 5.74) is 13.1. The number of benzene rings is 5. The Morgan fingerprint density at radius 3 is 1.57 bits per heavy atom. The molecule has 0 spiro atoms. The van der Waals surface area contributed by atoms with Gasteiger partial charge in [0.05, 0.1) is 16.7 Å². The Morgan fingerprint density at radius 1 is 0.532 bits per heavy atom. The van der Waals surface area contributed by atoms with E-state index in [1.807, 2.05) is 0 Å². The summed E-state index contributed by atoms with van der Waals surface area (Å²) in [5, 5.41) is 2.21. The van der Waals surface area contributed by atoms with Gasteiger partial charge in [0.15, 0.2) is 0 Å². The first-order chi connectivity index (χ1) is 23.0. The van der Waals surface area contributed by atoms with Gasteiger partial charge in [-0.05, 0) is 94.6 Å². The van der Waals surface area contributed by atoms with Crippen LogP contribution in [0.5, 0.6) is 0 Å². The average molecular weight is 607 g/mol. The molecular formula is C45H38N2. The molecule has 228 valence electrons. The summed E-state index contributed by atoms with van der Waals surface area (Å²) >= 11 is 0. The summed E-state index contributed by atoms with van der Waals surface area (Å²) < 4.78 is 0. The van der Waals surface area contributed by atoms with E-state index in [1.165, 1.54) is 16.7 Å². The lowest BCUT2D eigenvalue weighted by atomic mass is 9.93. The van der Waals surface area contributed by atoms with Gasteiger partial charge in [-0.1, -0.05) is 124 Å². The van der Waals surface area contributed by atoms with Gasteiger partial charge in [0.25, 0.3) is 0 Å². The molecule has 5 aromatic carbocycles. The van der Waals surface area contributed by atoms with Crippen LogP contribution < -0.4 is 0 Å². The van der Waals surface area contributed by atoms with Gasteiger partial charge in [0.2, 0.25) is 0 Å². The van der Waals surface area contributed by atoms with Gasteiger partial charge in [-0.2, -0.15) is 0 Å². The SMILES string of the molecule is CCC(C)c1ccc(C#Cc2ccc(-c3cc(-c4ccccc4)c4cc5nc(C(C)C)cc(-c6ccccc6)c5cc4n3)cc2)cc1. The van der Waals surface area contributed by atoms with Crippen LogP contribution in [0.1, 0.15) is 68.3 Å². The van der Waals surface area contributed by atoms with Crippen molar-refractivity contribution in [1.82, 2.24) is 9.97 Å². The monoisotopic (exact) mass is 606 g/mol. The van der Waals surface area contributed by atoms with Gasteiger partial charge in [-0.15, -0.1) is 0 Å². The number of aromatic nitrogens is 2. The molecule has 0 saturated carbocycles. The second kappa shape index (κ2) is 13.1. The van der Waals surface area contributed by atoms with Crippen molar-refractivity contribution in [1.29, 1.82) is 0 Å². The maximum absolute atomic E-state index is 5.26. The van der Waals surface area contributed by atoms with E-state index in [2.05, 4.69) is 173 Å². The Morgan fingerprint density at radius 2 is 1.04 bits per heavy atom. The summed E-state index contributed by atoms with van der Waals surface area (Å²) in [7, 11) is 0. The zero-order valence-electron chi connectivity index (χ0n) is 27.5. The molecule has 0 saturated heterocycles. The van der Waals surface area contributed by atoms with Gasteiger partial charge in [-0.25, -0.2) is 4.98 Å². The quantitative estimate of drug-likeness (QED) is 0.139. The fraction of sp³-hybridized carbons (Fsp3) is 0.156. The molecule has 0 aliphatic rings. The molecule has 0 amide bonds. The van der Waals surface area contributed by atoms with Crippen LogP contribution in [-0.2, 0) is 0 Å². The topological polar surface area (TPSA) is 25.8 Å². The molecule has 0 aliphatic carbocycles. The Balaban J connectivity index is 1.33. The molecule has 2 heterocycles. The van der Waals surface area contributed by atoms with Crippen molar-refractivity contribution in [2.45, 2.75) is 46.0 Å². The summed E-state index contributed by atoms with van der Waals surface area (Å²) in [6, 6.07) is 47.2. The molecule has 2 nitrogen and oxygen atoms in total. The van der Waals surface area contributed by atoms with E-state index >= 15 is 0 Å². The van der Waals surface area contributed by atoms with Crippen molar-refractivity contribution in [2.75, 3.05) is 0 Å². The van der Waals surface area contributed by atoms with Gasteiger partial charge < -0.3 is 0 Å². The van der Waals surface area contributed by atoms with E-state index in [4.69, 9.17) is 9.97 Å². The summed E-state index contributed by atoms with van der Waals surface area (Å²) in [5.74, 6) is 7.56. The van der Waals surface area contributed by atoms with Crippen LogP contribution in [0, 0.1) is 11.8 Å². The number of hydrogen-bond donors (Lipinski definition) is 0. The molecule has 2 heteroatoms. The van der Waals surface area contributed by atoms with Crippen molar-refractivity contribution in [3.63, 3.8) is 0 Å². The number of fused-ring (bicyclic) bond motifs is 2. The van der Waals surface area contributed by atoms with Crippen molar-refractivity contribution >= 4 is 21.8 Å². The largest absolute Gasteiger partial charge is 0.253 e. The molecule has 2 aromatic heterocycles. The molecule has 47 heavy (non-hydrogen) atoms. The van der Waals surface area contributed by atoms with Gasteiger partial charge in [-0.3, -0.25) is 4.98 Å². The number of hydrogen-bond acceptors (Lipinski definition) is 2. The molecule has 7 aromatic rings. The van der Waals surface area contributed by atoms with Crippen LogP contribution in [0.2, 0.25) is 0 Å². The molecule has 0 radical (unpaired) electrons. The predicted molar refractivity (Wildman–Crippen MR) is 199 cm³/mol. The highest BCUT2D eigenvalue weighted by atomic mass is 14.7. The lowest BCUT2D eigenvalue weighted by Crippen LogP contribution is -1.97. The lowest BCUT2D eigenvalue weighted by Gasteiger charge is -2.15. The Bertz CT molecular complexity index is 2240. The zero-order chi connectivity index (χ0) is 32.3. The van der Waals surface area contributed by atoms with Crippen molar-refractivity contribution in [3.8, 4) is 45.4 Å². The average Bonchev–Trinajstić information content (AvgIpc) is 3.13. The highest BCUT2D eigenvalue weighted by Gasteiger charge is 2.16. The first-order valence-corrected chi connectivity index (χ1v) is 16.6. The molecule has 0 N–H and O–H groups in total. The van der Waals surface area contributed by atoms with Gasteiger partial charge in [0.1, 0.15) is 0 Å². The highest BCUT2D eigenvalue weighted by Crippen LogP contribution is 2.38. The molecular weight excluding hydrogens is 569 g/mol. The van der Waals surface area contributed by atoms with Crippen LogP contribution in [0.3, 0.4) is 0 Å². The van der Waals surface area contributed by atoms with Gasteiger partial charge in [0, 0.05) is 33.2 Å². The van der Waals surface area contributed by atoms with E-state index in [9.17, 15) is 0 Å². The molecule has 0 aliphatic heterocycles. The molecule has 0 fully saturated rings. The second-order valence-corrected chi connectivity index (χ2v) is 12.7. The Labute approximate surface area is 278 Å². The van der Waals surface area contributed by atoms with Crippen LogP contribution >= 0.6 is 0 Å². The van der Waals surface area contributed by atoms with E-state index in [-0.39, 0.29) is 0 Å².